The van der Waals surface area contributed by atoms with Gasteiger partial charge in [-0.2, -0.15) is 0 Å². The van der Waals surface area contributed by atoms with Gasteiger partial charge in [-0.05, 0) is 6.42 Å². The maximum atomic E-state index is 9.60. The Labute approximate surface area is 106 Å². The standard InChI is InChI=1S/C9H20N.C3H6O3S/c1-3-4-7-10(2)8-5-6-9-10;1-2-3-7(4,5)6/h3-9H2,1-2H3;2H,1,3H2,(H,4,5,6)/q+1;/p-1. The second-order valence-electron chi connectivity index (χ2n) is 4.86. The maximum Gasteiger partial charge on any atom is 0.0982 e. The minimum Gasteiger partial charge on any atom is -0.748 e. The Morgan fingerprint density at radius 2 is 1.88 bits per heavy atom. The van der Waals surface area contributed by atoms with Gasteiger partial charge in [-0.3, -0.25) is 0 Å². The SMILES string of the molecule is C=CCS(=O)(=O)[O-].CCCC[N+]1(C)CCCC1. The molecule has 0 spiro atoms. The molecule has 0 aromatic heterocycles. The van der Waals surface area contributed by atoms with Crippen LogP contribution in [0.3, 0.4) is 0 Å². The van der Waals surface area contributed by atoms with Crippen LogP contribution in [0.25, 0.3) is 0 Å². The van der Waals surface area contributed by atoms with Gasteiger partial charge in [0.2, 0.25) is 0 Å². The van der Waals surface area contributed by atoms with Crippen molar-refractivity contribution in [3.05, 3.63) is 12.7 Å². The number of hydrogen-bond acceptors (Lipinski definition) is 3. The molecule has 0 amide bonds. The van der Waals surface area contributed by atoms with Crippen LogP contribution >= 0.6 is 0 Å². The fraction of sp³-hybridized carbons (Fsp3) is 0.833. The Balaban J connectivity index is 0.000000325. The lowest BCUT2D eigenvalue weighted by Crippen LogP contribution is -2.41. The van der Waals surface area contributed by atoms with Crippen LogP contribution in [0.4, 0.5) is 0 Å². The molecule has 1 aliphatic heterocycles. The number of hydrogen-bond donors (Lipinski definition) is 0. The van der Waals surface area contributed by atoms with Crippen molar-refractivity contribution in [2.75, 3.05) is 32.4 Å². The van der Waals surface area contributed by atoms with Crippen molar-refractivity contribution < 1.29 is 17.5 Å². The summed E-state index contributed by atoms with van der Waals surface area (Å²) in [7, 11) is -1.64. The molecule has 0 aromatic carbocycles. The van der Waals surface area contributed by atoms with Crippen LogP contribution in [-0.2, 0) is 10.1 Å². The van der Waals surface area contributed by atoms with Gasteiger partial charge in [-0.15, -0.1) is 6.58 Å². The lowest BCUT2D eigenvalue weighted by molar-refractivity contribution is -0.897. The molecule has 0 N–H and O–H groups in total. The molecule has 0 bridgehead atoms. The Morgan fingerprint density at radius 1 is 1.35 bits per heavy atom. The molecule has 1 heterocycles. The van der Waals surface area contributed by atoms with E-state index in [1.54, 1.807) is 0 Å². The molecular weight excluding hydrogens is 238 g/mol. The first-order chi connectivity index (χ1) is 7.83. The largest absolute Gasteiger partial charge is 0.748 e. The van der Waals surface area contributed by atoms with Gasteiger partial charge in [0, 0.05) is 12.8 Å². The van der Waals surface area contributed by atoms with Gasteiger partial charge in [-0.1, -0.05) is 19.4 Å². The van der Waals surface area contributed by atoms with E-state index in [2.05, 4.69) is 20.6 Å². The average Bonchev–Trinajstić information content (AvgIpc) is 2.62. The highest BCUT2D eigenvalue weighted by Gasteiger charge is 2.25. The zero-order valence-corrected chi connectivity index (χ0v) is 11.8. The molecule has 0 atom stereocenters. The van der Waals surface area contributed by atoms with Crippen molar-refractivity contribution in [2.24, 2.45) is 0 Å². The van der Waals surface area contributed by atoms with Crippen molar-refractivity contribution in [3.8, 4) is 0 Å². The van der Waals surface area contributed by atoms with E-state index in [-0.39, 0.29) is 0 Å². The number of rotatable bonds is 5. The zero-order valence-electron chi connectivity index (χ0n) is 11.0. The van der Waals surface area contributed by atoms with Gasteiger partial charge >= 0.3 is 0 Å². The van der Waals surface area contributed by atoms with E-state index >= 15 is 0 Å². The summed E-state index contributed by atoms with van der Waals surface area (Å²) in [6, 6.07) is 0. The number of likely N-dealkylation sites (tertiary alicyclic amines) is 1. The quantitative estimate of drug-likeness (QED) is 0.431. The Kier molecular flexibility index (Phi) is 7.66. The molecular formula is C12H25NO3S. The Morgan fingerprint density at radius 3 is 2.18 bits per heavy atom. The van der Waals surface area contributed by atoms with Crippen molar-refractivity contribution >= 4 is 10.1 Å². The van der Waals surface area contributed by atoms with Gasteiger partial charge in [0.05, 0.1) is 42.6 Å². The summed E-state index contributed by atoms with van der Waals surface area (Å²) in [5, 5.41) is 0. The van der Waals surface area contributed by atoms with Gasteiger partial charge in [0.25, 0.3) is 0 Å². The molecule has 1 aliphatic rings. The second kappa shape index (κ2) is 7.84. The molecule has 102 valence electrons. The van der Waals surface area contributed by atoms with Crippen LogP contribution in [0, 0.1) is 0 Å². The van der Waals surface area contributed by atoms with E-state index in [0.717, 1.165) is 6.08 Å². The Bertz CT molecular complexity index is 306. The summed E-state index contributed by atoms with van der Waals surface area (Å²) in [5.41, 5.74) is 0. The van der Waals surface area contributed by atoms with E-state index in [1.165, 1.54) is 49.8 Å². The number of quaternary nitrogens is 1. The molecule has 4 nitrogen and oxygen atoms in total. The van der Waals surface area contributed by atoms with Crippen molar-refractivity contribution in [1.82, 2.24) is 0 Å². The topological polar surface area (TPSA) is 57.2 Å². The van der Waals surface area contributed by atoms with Crippen LogP contribution in [0.1, 0.15) is 32.6 Å². The van der Waals surface area contributed by atoms with Crippen molar-refractivity contribution in [2.45, 2.75) is 32.6 Å². The molecule has 17 heavy (non-hydrogen) atoms. The van der Waals surface area contributed by atoms with Gasteiger partial charge in [-0.25, -0.2) is 8.42 Å². The molecule has 1 saturated heterocycles. The van der Waals surface area contributed by atoms with Crippen LogP contribution in [0.15, 0.2) is 12.7 Å². The minimum absolute atomic E-state index is 0.479. The van der Waals surface area contributed by atoms with E-state index < -0.39 is 15.9 Å². The van der Waals surface area contributed by atoms with Gasteiger partial charge < -0.3 is 9.04 Å². The van der Waals surface area contributed by atoms with Crippen LogP contribution in [0.5, 0.6) is 0 Å². The zero-order chi connectivity index (χ0) is 13.4. The normalized spacial score (nSPS) is 18.3. The summed E-state index contributed by atoms with van der Waals surface area (Å²) in [4.78, 5) is 0. The van der Waals surface area contributed by atoms with E-state index in [0.29, 0.717) is 0 Å². The first-order valence-corrected chi connectivity index (χ1v) is 7.79. The fourth-order valence-corrected chi connectivity index (χ4v) is 2.30. The molecule has 0 saturated carbocycles. The fourth-order valence-electron chi connectivity index (χ4n) is 2.01. The van der Waals surface area contributed by atoms with Gasteiger partial charge in [0.15, 0.2) is 0 Å². The van der Waals surface area contributed by atoms with E-state index in [1.807, 2.05) is 0 Å². The highest BCUT2D eigenvalue weighted by molar-refractivity contribution is 7.85. The van der Waals surface area contributed by atoms with Crippen LogP contribution in [0.2, 0.25) is 0 Å². The highest BCUT2D eigenvalue weighted by atomic mass is 32.2. The summed E-state index contributed by atoms with van der Waals surface area (Å²) < 4.78 is 30.2. The molecule has 5 heteroatoms. The molecule has 0 aliphatic carbocycles. The van der Waals surface area contributed by atoms with Crippen LogP contribution in [-0.4, -0.2) is 49.9 Å². The number of unbranched alkanes of at least 4 members (excludes halogenated alkanes) is 1. The number of nitrogens with zero attached hydrogens (tertiary/aromatic N) is 1. The lowest BCUT2D eigenvalue weighted by atomic mass is 10.3. The third-order valence-electron chi connectivity index (χ3n) is 3.02. The molecule has 1 fully saturated rings. The lowest BCUT2D eigenvalue weighted by Gasteiger charge is -2.28. The third-order valence-corrected chi connectivity index (χ3v) is 3.66. The predicted octanol–water partition coefficient (Wildman–Crippen LogP) is 1.74. The molecule has 1 rings (SSSR count). The molecule has 0 aromatic rings. The monoisotopic (exact) mass is 263 g/mol. The summed E-state index contributed by atoms with van der Waals surface area (Å²) >= 11 is 0. The second-order valence-corrected chi connectivity index (χ2v) is 6.31. The van der Waals surface area contributed by atoms with Crippen molar-refractivity contribution in [3.63, 3.8) is 0 Å². The average molecular weight is 263 g/mol. The third kappa shape index (κ3) is 9.32. The first-order valence-electron chi connectivity index (χ1n) is 6.21. The van der Waals surface area contributed by atoms with E-state index in [4.69, 9.17) is 0 Å². The van der Waals surface area contributed by atoms with Crippen LogP contribution < -0.4 is 0 Å². The van der Waals surface area contributed by atoms with Gasteiger partial charge in [0.1, 0.15) is 0 Å². The summed E-state index contributed by atoms with van der Waals surface area (Å²) in [5.74, 6) is -0.479. The Hall–Kier alpha value is -0.390. The van der Waals surface area contributed by atoms with E-state index in [9.17, 15) is 13.0 Å². The molecule has 0 radical (unpaired) electrons. The first kappa shape index (κ1) is 16.6. The summed E-state index contributed by atoms with van der Waals surface area (Å²) in [6.45, 7) is 9.62. The highest BCUT2D eigenvalue weighted by Crippen LogP contribution is 2.16. The smallest absolute Gasteiger partial charge is 0.0982 e. The minimum atomic E-state index is -4.04. The maximum absolute atomic E-state index is 9.60. The molecule has 0 unspecified atom stereocenters. The predicted molar refractivity (Wildman–Crippen MR) is 69.7 cm³/mol. The summed E-state index contributed by atoms with van der Waals surface area (Å²) in [6.07, 6.45) is 6.74. The van der Waals surface area contributed by atoms with Crippen molar-refractivity contribution in [1.29, 1.82) is 0 Å².